The largest absolute Gasteiger partial charge is 2.00 e. The molecule has 0 unspecified atom stereocenters. The van der Waals surface area contributed by atoms with Gasteiger partial charge in [-0.25, -0.2) is 8.42 Å². The van der Waals surface area contributed by atoms with Gasteiger partial charge in [0.05, 0.1) is 9.79 Å². The Hall–Kier alpha value is -2.84. The van der Waals surface area contributed by atoms with Crippen LogP contribution in [0.4, 0.5) is 0 Å². The summed E-state index contributed by atoms with van der Waals surface area (Å²) in [6.45, 7) is 4.50. The minimum atomic E-state index is -4.48. The average Bonchev–Trinajstić information content (AvgIpc) is 3.26. The fraction of sp³-hybridized carbons (Fsp3) is 0.538. The Morgan fingerprint density at radius 2 is 0.769 bits per heavy atom. The van der Waals surface area contributed by atoms with Crippen LogP contribution in [-0.4, -0.2) is 68.8 Å². The second kappa shape index (κ2) is 33.6. The average molecular weight is 963 g/mol. The minimum Gasteiger partial charge on any atom is -0.872 e. The molecule has 0 aliphatic heterocycles. The van der Waals surface area contributed by atoms with E-state index in [0.717, 1.165) is 43.2 Å². The third-order valence-electron chi connectivity index (χ3n) is 11.4. The molecule has 10 nitrogen and oxygen atoms in total. The molecular formula is C52H74CaO10S2. The number of hydrogen-bond acceptors (Lipinski definition) is 9. The molecule has 0 aromatic heterocycles. The van der Waals surface area contributed by atoms with Gasteiger partial charge in [-0.1, -0.05) is 173 Å². The minimum absolute atomic E-state index is 0. The molecule has 2 N–H and O–H groups in total. The summed E-state index contributed by atoms with van der Waals surface area (Å²) < 4.78 is 75.4. The number of rotatable bonds is 32. The van der Waals surface area contributed by atoms with Crippen molar-refractivity contribution in [3.8, 4) is 34.5 Å². The number of ether oxygens (including phenoxy) is 2. The van der Waals surface area contributed by atoms with Crippen LogP contribution in [0, 0.1) is 0 Å². The van der Waals surface area contributed by atoms with E-state index < -0.39 is 20.2 Å². The molecule has 356 valence electrons. The van der Waals surface area contributed by atoms with Gasteiger partial charge in [-0.3, -0.25) is 4.55 Å². The van der Waals surface area contributed by atoms with E-state index in [1.54, 1.807) is 24.3 Å². The number of aromatic hydroxyl groups is 1. The van der Waals surface area contributed by atoms with Gasteiger partial charge in [0.15, 0.2) is 0 Å². The van der Waals surface area contributed by atoms with E-state index in [0.29, 0.717) is 23.0 Å². The fourth-order valence-electron chi connectivity index (χ4n) is 7.56. The molecule has 0 saturated heterocycles. The van der Waals surface area contributed by atoms with Crippen LogP contribution in [0.3, 0.4) is 0 Å². The van der Waals surface area contributed by atoms with E-state index in [4.69, 9.17) is 14.0 Å². The number of phenols is 1. The molecule has 0 amide bonds. The Morgan fingerprint density at radius 3 is 1.12 bits per heavy atom. The van der Waals surface area contributed by atoms with Crippen LogP contribution in [-0.2, 0) is 33.1 Å². The molecule has 0 fully saturated rings. The molecule has 65 heavy (non-hydrogen) atoms. The van der Waals surface area contributed by atoms with Crippen LogP contribution in [0.25, 0.3) is 0 Å². The van der Waals surface area contributed by atoms with E-state index in [2.05, 4.69) is 13.8 Å². The van der Waals surface area contributed by atoms with E-state index in [1.165, 1.54) is 189 Å². The molecule has 0 aliphatic carbocycles. The first-order valence-corrected chi connectivity index (χ1v) is 26.8. The van der Waals surface area contributed by atoms with Crippen molar-refractivity contribution in [1.82, 2.24) is 0 Å². The molecule has 0 aliphatic rings. The van der Waals surface area contributed by atoms with Crippen LogP contribution in [0.5, 0.6) is 34.5 Å². The molecule has 4 aromatic rings. The number of unbranched alkanes of at least 4 members (excludes halogenated alkanes) is 22. The number of aryl methyl sites for hydroxylation is 2. The summed E-state index contributed by atoms with van der Waals surface area (Å²) in [5.41, 5.74) is 1.70. The van der Waals surface area contributed by atoms with Gasteiger partial charge < -0.3 is 24.2 Å². The first-order valence-electron chi connectivity index (χ1n) is 23.9. The second-order valence-electron chi connectivity index (χ2n) is 16.9. The standard InChI is InChI=1S/2C26H38O5S.Ca/c2*1-2-3-4-5-6-7-8-9-10-11-12-13-14-22-15-16-24(21-26(22)27)31-23-17-19-25(20-18-23)32(28,29)30;/h2*15-21,27H,2-14H2,1H3,(H,28,29,30);/q;;+2/p-2. The molecular weight excluding hydrogens is 889 g/mol. The van der Waals surface area contributed by atoms with Crippen LogP contribution < -0.4 is 14.6 Å². The number of phenolic OH excluding ortho intramolecular Hbond substituents is 1. The molecule has 4 aromatic carbocycles. The maximum absolute atomic E-state index is 12.3. The molecule has 0 radical (unpaired) electrons. The van der Waals surface area contributed by atoms with E-state index >= 15 is 0 Å². The van der Waals surface area contributed by atoms with Crippen molar-refractivity contribution in [2.24, 2.45) is 0 Å². The normalized spacial score (nSPS) is 11.4. The van der Waals surface area contributed by atoms with Crippen molar-refractivity contribution in [3.05, 3.63) is 96.1 Å². The molecule has 0 spiro atoms. The fourth-order valence-corrected chi connectivity index (χ4v) is 8.51. The van der Waals surface area contributed by atoms with Crippen molar-refractivity contribution in [2.75, 3.05) is 0 Å². The van der Waals surface area contributed by atoms with Gasteiger partial charge in [-0.05, 0) is 98.0 Å². The van der Waals surface area contributed by atoms with E-state index in [-0.39, 0.29) is 59.0 Å². The van der Waals surface area contributed by atoms with Crippen LogP contribution in [0.15, 0.2) is 94.7 Å². The molecule has 0 heterocycles. The molecule has 4 rings (SSSR count). The predicted molar refractivity (Wildman–Crippen MR) is 260 cm³/mol. The van der Waals surface area contributed by atoms with Crippen molar-refractivity contribution < 1.29 is 45.6 Å². The van der Waals surface area contributed by atoms with E-state index in [9.17, 15) is 31.6 Å². The van der Waals surface area contributed by atoms with Crippen molar-refractivity contribution >= 4 is 58.0 Å². The van der Waals surface area contributed by atoms with Crippen molar-refractivity contribution in [2.45, 2.75) is 191 Å². The maximum Gasteiger partial charge on any atom is 2.00 e. The van der Waals surface area contributed by atoms with Gasteiger partial charge in [-0.2, -0.15) is 8.42 Å². The quantitative estimate of drug-likeness (QED) is 0.0272. The molecule has 13 heteroatoms. The number of benzene rings is 4. The second-order valence-corrected chi connectivity index (χ2v) is 19.7. The predicted octanol–water partition coefficient (Wildman–Crippen LogP) is 14.0. The summed E-state index contributed by atoms with van der Waals surface area (Å²) in [7, 11) is -8.71. The zero-order chi connectivity index (χ0) is 46.5. The van der Waals surface area contributed by atoms with Crippen LogP contribution in [0.1, 0.15) is 179 Å². The summed E-state index contributed by atoms with van der Waals surface area (Å²) in [5.74, 6) is 1.81. The Balaban J connectivity index is 0.000000440. The Kier molecular flexibility index (Phi) is 30.1. The summed E-state index contributed by atoms with van der Waals surface area (Å²) in [6.07, 6.45) is 32.8. The number of hydrogen-bond donors (Lipinski definition) is 2. The summed E-state index contributed by atoms with van der Waals surface area (Å²) in [4.78, 5) is -0.502. The van der Waals surface area contributed by atoms with Gasteiger partial charge in [0, 0.05) is 6.07 Å². The van der Waals surface area contributed by atoms with Crippen molar-refractivity contribution in [1.29, 1.82) is 0 Å². The zero-order valence-corrected chi connectivity index (χ0v) is 43.0. The topological polar surface area (TPSA) is 173 Å². The maximum atomic E-state index is 12.3. The first-order chi connectivity index (χ1) is 30.8. The monoisotopic (exact) mass is 962 g/mol. The first kappa shape index (κ1) is 58.3. The molecule has 0 saturated carbocycles. The van der Waals surface area contributed by atoms with Gasteiger partial charge in [0.25, 0.3) is 10.1 Å². The van der Waals surface area contributed by atoms with Crippen LogP contribution >= 0.6 is 0 Å². The third-order valence-corrected chi connectivity index (χ3v) is 13.1. The SMILES string of the molecule is CCCCCCCCCCCCCCc1ccc(Oc2ccc(S(=O)(=O)O)cc2)cc1O.CCCCCCCCCCCCCCc1ccc(Oc2ccc(S(=O)(=O)[O-])cc2)cc1[O-].[Ca+2]. The van der Waals surface area contributed by atoms with Crippen LogP contribution in [0.2, 0.25) is 0 Å². The van der Waals surface area contributed by atoms with Gasteiger partial charge in [0.1, 0.15) is 38.9 Å². The Bertz CT molecular complexity index is 1940. The zero-order valence-electron chi connectivity index (χ0n) is 39.2. The van der Waals surface area contributed by atoms with E-state index in [1.807, 2.05) is 6.07 Å². The molecule has 0 bridgehead atoms. The van der Waals surface area contributed by atoms with Gasteiger partial charge in [0.2, 0.25) is 0 Å². The Labute approximate surface area is 421 Å². The van der Waals surface area contributed by atoms with Gasteiger partial charge in [-0.15, -0.1) is 5.75 Å². The summed E-state index contributed by atoms with van der Waals surface area (Å²) in [5, 5.41) is 22.7. The smallest absolute Gasteiger partial charge is 0.872 e. The summed E-state index contributed by atoms with van der Waals surface area (Å²) in [6, 6.07) is 20.9. The van der Waals surface area contributed by atoms with Gasteiger partial charge >= 0.3 is 37.7 Å². The molecule has 0 atom stereocenters. The third kappa shape index (κ3) is 25.8. The summed E-state index contributed by atoms with van der Waals surface area (Å²) >= 11 is 0. The van der Waals surface area contributed by atoms with Crippen molar-refractivity contribution in [3.63, 3.8) is 0 Å². The Morgan fingerprint density at radius 1 is 0.446 bits per heavy atom.